The SMILES string of the molecule is CCN(CC)CCNC(=O)c1cc2c(=O)n3ccccc3nc2n1C. The average Bonchev–Trinajstić information content (AvgIpc) is 2.96. The molecule has 0 saturated heterocycles. The summed E-state index contributed by atoms with van der Waals surface area (Å²) in [4.78, 5) is 31.9. The number of carbonyl (C=O) groups is 1. The summed E-state index contributed by atoms with van der Waals surface area (Å²) >= 11 is 0. The molecule has 7 heteroatoms. The molecular formula is C18H23N5O2. The Morgan fingerprint density at radius 2 is 2.04 bits per heavy atom. The van der Waals surface area contributed by atoms with E-state index in [2.05, 4.69) is 29.0 Å². The van der Waals surface area contributed by atoms with E-state index < -0.39 is 0 Å². The number of hydrogen-bond donors (Lipinski definition) is 1. The van der Waals surface area contributed by atoms with Gasteiger partial charge in [-0.05, 0) is 31.3 Å². The van der Waals surface area contributed by atoms with Crippen molar-refractivity contribution >= 4 is 22.6 Å². The fourth-order valence-corrected chi connectivity index (χ4v) is 3.00. The predicted molar refractivity (Wildman–Crippen MR) is 98.1 cm³/mol. The minimum atomic E-state index is -0.193. The number of rotatable bonds is 6. The summed E-state index contributed by atoms with van der Waals surface area (Å²) in [5, 5.41) is 3.37. The molecule has 1 N–H and O–H groups in total. The lowest BCUT2D eigenvalue weighted by molar-refractivity contribution is 0.0941. The van der Waals surface area contributed by atoms with Gasteiger partial charge in [-0.15, -0.1) is 0 Å². The highest BCUT2D eigenvalue weighted by molar-refractivity contribution is 5.98. The first-order valence-corrected chi connectivity index (χ1v) is 8.54. The summed E-state index contributed by atoms with van der Waals surface area (Å²) in [6, 6.07) is 7.01. The highest BCUT2D eigenvalue weighted by atomic mass is 16.2. The summed E-state index contributed by atoms with van der Waals surface area (Å²) < 4.78 is 3.17. The van der Waals surface area contributed by atoms with E-state index >= 15 is 0 Å². The highest BCUT2D eigenvalue weighted by Gasteiger charge is 2.17. The van der Waals surface area contributed by atoms with Gasteiger partial charge in [-0.1, -0.05) is 19.9 Å². The zero-order valence-corrected chi connectivity index (χ0v) is 14.8. The van der Waals surface area contributed by atoms with Gasteiger partial charge >= 0.3 is 0 Å². The largest absolute Gasteiger partial charge is 0.349 e. The van der Waals surface area contributed by atoms with Crippen LogP contribution < -0.4 is 10.9 Å². The Kier molecular flexibility index (Phi) is 4.85. The van der Waals surface area contributed by atoms with Crippen LogP contribution >= 0.6 is 0 Å². The van der Waals surface area contributed by atoms with Gasteiger partial charge in [0.05, 0.1) is 5.39 Å². The van der Waals surface area contributed by atoms with Crippen molar-refractivity contribution in [2.75, 3.05) is 26.2 Å². The number of nitrogens with one attached hydrogen (secondary N) is 1. The number of fused-ring (bicyclic) bond motifs is 2. The van der Waals surface area contributed by atoms with Crippen molar-refractivity contribution < 1.29 is 4.79 Å². The van der Waals surface area contributed by atoms with E-state index in [1.807, 2.05) is 6.07 Å². The Labute approximate surface area is 145 Å². The van der Waals surface area contributed by atoms with Crippen molar-refractivity contribution in [3.8, 4) is 0 Å². The summed E-state index contributed by atoms with van der Waals surface area (Å²) in [6.45, 7) is 7.46. The first-order chi connectivity index (χ1) is 12.1. The van der Waals surface area contributed by atoms with Crippen molar-refractivity contribution in [2.45, 2.75) is 13.8 Å². The lowest BCUT2D eigenvalue weighted by atomic mass is 10.3. The molecule has 0 radical (unpaired) electrons. The van der Waals surface area contributed by atoms with Crippen LogP contribution in [0.25, 0.3) is 16.7 Å². The van der Waals surface area contributed by atoms with Gasteiger partial charge in [0.2, 0.25) is 0 Å². The molecule has 0 aliphatic heterocycles. The van der Waals surface area contributed by atoms with E-state index in [1.54, 1.807) is 36.0 Å². The van der Waals surface area contributed by atoms with Gasteiger partial charge in [0.1, 0.15) is 17.0 Å². The molecule has 7 nitrogen and oxygen atoms in total. The molecule has 132 valence electrons. The molecule has 0 bridgehead atoms. The van der Waals surface area contributed by atoms with Crippen molar-refractivity contribution in [1.29, 1.82) is 0 Å². The monoisotopic (exact) mass is 341 g/mol. The molecule has 0 spiro atoms. The molecule has 0 aromatic carbocycles. The maximum atomic E-state index is 12.6. The van der Waals surface area contributed by atoms with Gasteiger partial charge in [0.25, 0.3) is 11.5 Å². The first kappa shape index (κ1) is 17.2. The average molecular weight is 341 g/mol. The third-order valence-corrected chi connectivity index (χ3v) is 4.55. The summed E-state index contributed by atoms with van der Waals surface area (Å²) in [6.07, 6.45) is 1.68. The van der Waals surface area contributed by atoms with Crippen LogP contribution in [0.15, 0.2) is 35.3 Å². The quantitative estimate of drug-likeness (QED) is 0.733. The molecule has 3 rings (SSSR count). The molecule has 3 aromatic rings. The fraction of sp³-hybridized carbons (Fsp3) is 0.389. The molecule has 0 atom stereocenters. The molecule has 1 amide bonds. The number of amides is 1. The van der Waals surface area contributed by atoms with E-state index in [4.69, 9.17) is 0 Å². The van der Waals surface area contributed by atoms with Gasteiger partial charge in [-0.3, -0.25) is 14.0 Å². The van der Waals surface area contributed by atoms with Gasteiger partial charge in [-0.2, -0.15) is 0 Å². The first-order valence-electron chi connectivity index (χ1n) is 8.54. The van der Waals surface area contributed by atoms with Gasteiger partial charge in [0.15, 0.2) is 0 Å². The Morgan fingerprint density at radius 1 is 1.28 bits per heavy atom. The number of carbonyl (C=O) groups excluding carboxylic acids is 1. The molecule has 0 aliphatic carbocycles. The second-order valence-electron chi connectivity index (χ2n) is 5.95. The molecule has 25 heavy (non-hydrogen) atoms. The summed E-state index contributed by atoms with van der Waals surface area (Å²) in [5.74, 6) is -0.193. The number of aromatic nitrogens is 3. The van der Waals surface area contributed by atoms with Crippen molar-refractivity contribution in [3.63, 3.8) is 0 Å². The van der Waals surface area contributed by atoms with Crippen molar-refractivity contribution in [1.82, 2.24) is 24.2 Å². The highest BCUT2D eigenvalue weighted by Crippen LogP contribution is 2.14. The maximum Gasteiger partial charge on any atom is 0.268 e. The second-order valence-corrected chi connectivity index (χ2v) is 5.95. The second kappa shape index (κ2) is 7.06. The van der Waals surface area contributed by atoms with Gasteiger partial charge in [-0.25, -0.2) is 4.98 Å². The number of likely N-dealkylation sites (N-methyl/N-ethyl adjacent to an activating group) is 1. The minimum Gasteiger partial charge on any atom is -0.349 e. The third-order valence-electron chi connectivity index (χ3n) is 4.55. The minimum absolute atomic E-state index is 0.168. The lowest BCUT2D eigenvalue weighted by Gasteiger charge is -2.17. The Morgan fingerprint density at radius 3 is 2.76 bits per heavy atom. The maximum absolute atomic E-state index is 12.6. The molecule has 3 aromatic heterocycles. The van der Waals surface area contributed by atoms with E-state index in [0.29, 0.717) is 28.9 Å². The van der Waals surface area contributed by atoms with Crippen molar-refractivity contribution in [3.05, 3.63) is 46.5 Å². The smallest absolute Gasteiger partial charge is 0.268 e. The summed E-state index contributed by atoms with van der Waals surface area (Å²) in [5.41, 5.74) is 1.35. The molecule has 0 fully saturated rings. The van der Waals surface area contributed by atoms with Crippen LogP contribution in [0.5, 0.6) is 0 Å². The van der Waals surface area contributed by atoms with Crippen molar-refractivity contribution in [2.24, 2.45) is 7.05 Å². The van der Waals surface area contributed by atoms with Crippen LogP contribution in [0.1, 0.15) is 24.3 Å². The van der Waals surface area contributed by atoms with Crippen LogP contribution in [-0.2, 0) is 7.05 Å². The van der Waals surface area contributed by atoms with Crippen LogP contribution in [0.4, 0.5) is 0 Å². The Bertz CT molecular complexity index is 969. The number of nitrogens with zero attached hydrogens (tertiary/aromatic N) is 4. The molecular weight excluding hydrogens is 318 g/mol. The zero-order valence-electron chi connectivity index (χ0n) is 14.8. The molecule has 0 unspecified atom stereocenters. The number of pyridine rings is 1. The number of aryl methyl sites for hydroxylation is 1. The zero-order chi connectivity index (χ0) is 18.0. The van der Waals surface area contributed by atoms with Crippen LogP contribution in [0, 0.1) is 0 Å². The van der Waals surface area contributed by atoms with Gasteiger partial charge in [0, 0.05) is 26.3 Å². The fourth-order valence-electron chi connectivity index (χ4n) is 3.00. The Balaban J connectivity index is 1.91. The van der Waals surface area contributed by atoms with E-state index in [1.165, 1.54) is 4.40 Å². The van der Waals surface area contributed by atoms with E-state index in [-0.39, 0.29) is 11.5 Å². The van der Waals surface area contributed by atoms with E-state index in [9.17, 15) is 9.59 Å². The molecule has 3 heterocycles. The van der Waals surface area contributed by atoms with Crippen LogP contribution in [0.2, 0.25) is 0 Å². The molecule has 0 aliphatic rings. The third kappa shape index (κ3) is 3.15. The normalized spacial score (nSPS) is 11.5. The summed E-state index contributed by atoms with van der Waals surface area (Å²) in [7, 11) is 1.76. The number of hydrogen-bond acceptors (Lipinski definition) is 4. The molecule has 0 saturated carbocycles. The van der Waals surface area contributed by atoms with Gasteiger partial charge < -0.3 is 14.8 Å². The topological polar surface area (TPSA) is 71.6 Å². The van der Waals surface area contributed by atoms with Crippen LogP contribution in [0.3, 0.4) is 0 Å². The van der Waals surface area contributed by atoms with E-state index in [0.717, 1.165) is 19.6 Å². The predicted octanol–water partition coefficient (Wildman–Crippen LogP) is 1.26. The lowest BCUT2D eigenvalue weighted by Crippen LogP contribution is -2.35. The Hall–Kier alpha value is -2.67. The standard InChI is InChI=1S/C18H23N5O2/c1-4-22(5-2)11-9-19-17(24)14-12-13-16(21(14)3)20-15-8-6-7-10-23(15)18(13)25/h6-8,10,12H,4-5,9,11H2,1-3H3,(H,19,24). The van der Waals surface area contributed by atoms with Crippen LogP contribution in [-0.4, -0.2) is 50.9 Å².